The number of hydrogen-bond acceptors (Lipinski definition) is 6. The molecule has 1 aliphatic heterocycles. The van der Waals surface area contributed by atoms with E-state index in [1.807, 2.05) is 49.4 Å². The maximum Gasteiger partial charge on any atom is 0.277 e. The second-order valence-electron chi connectivity index (χ2n) is 6.50. The molecule has 0 bridgehead atoms. The van der Waals surface area contributed by atoms with Crippen LogP contribution in [0.3, 0.4) is 0 Å². The van der Waals surface area contributed by atoms with Gasteiger partial charge in [0.05, 0.1) is 12.7 Å². The van der Waals surface area contributed by atoms with Gasteiger partial charge < -0.3 is 20.1 Å². The Balaban J connectivity index is 1.25. The summed E-state index contributed by atoms with van der Waals surface area (Å²) >= 11 is 0. The van der Waals surface area contributed by atoms with Crippen LogP contribution in [0.15, 0.2) is 48.7 Å². The van der Waals surface area contributed by atoms with E-state index in [2.05, 4.69) is 20.9 Å². The fraction of sp³-hybridized carbons (Fsp3) is 0.250. The first-order chi connectivity index (χ1) is 13.7. The van der Waals surface area contributed by atoms with Crippen molar-refractivity contribution in [1.82, 2.24) is 20.3 Å². The second kappa shape index (κ2) is 8.10. The molecule has 144 valence electrons. The minimum atomic E-state index is -0.270. The van der Waals surface area contributed by atoms with Crippen LogP contribution in [0.5, 0.6) is 11.5 Å². The van der Waals surface area contributed by atoms with Gasteiger partial charge in [-0.1, -0.05) is 29.5 Å². The van der Waals surface area contributed by atoms with E-state index in [-0.39, 0.29) is 12.7 Å². The summed E-state index contributed by atoms with van der Waals surface area (Å²) in [5.74, 6) is 1.29. The van der Waals surface area contributed by atoms with Crippen LogP contribution >= 0.6 is 0 Å². The zero-order chi connectivity index (χ0) is 19.3. The lowest BCUT2D eigenvalue weighted by Crippen LogP contribution is -2.19. The molecule has 0 saturated carbocycles. The van der Waals surface area contributed by atoms with Gasteiger partial charge in [0, 0.05) is 18.8 Å². The number of ether oxygens (including phenoxy) is 2. The van der Waals surface area contributed by atoms with E-state index in [4.69, 9.17) is 9.47 Å². The first-order valence-electron chi connectivity index (χ1n) is 9.05. The lowest BCUT2D eigenvalue weighted by atomic mass is 10.2. The Morgan fingerprint density at radius 2 is 2.04 bits per heavy atom. The number of nitrogens with one attached hydrogen (secondary N) is 2. The number of anilines is 1. The highest BCUT2D eigenvalue weighted by Gasteiger charge is 2.13. The average molecular weight is 379 g/mol. The Morgan fingerprint density at radius 1 is 1.18 bits per heavy atom. The zero-order valence-corrected chi connectivity index (χ0v) is 15.5. The van der Waals surface area contributed by atoms with E-state index >= 15 is 0 Å². The third-order valence-electron chi connectivity index (χ3n) is 4.45. The molecule has 0 fully saturated rings. The van der Waals surface area contributed by atoms with Gasteiger partial charge in [-0.3, -0.25) is 9.48 Å². The molecule has 2 heterocycles. The predicted octanol–water partition coefficient (Wildman–Crippen LogP) is 2.36. The summed E-state index contributed by atoms with van der Waals surface area (Å²) in [4.78, 5) is 12.3. The molecule has 0 aliphatic carbocycles. The smallest absolute Gasteiger partial charge is 0.277 e. The standard InChI is InChI=1S/C20H21N5O3/c1-14-4-2-3-5-16(14)22-20(26)17-12-25(24-23-17)9-8-21-11-15-6-7-18-19(10-15)28-13-27-18/h2-7,10,12,21H,8-9,11,13H2,1H3,(H,22,26). The number of nitrogens with zero attached hydrogens (tertiary/aromatic N) is 3. The van der Waals surface area contributed by atoms with Gasteiger partial charge in [-0.2, -0.15) is 0 Å². The predicted molar refractivity (Wildman–Crippen MR) is 103 cm³/mol. The van der Waals surface area contributed by atoms with E-state index in [1.54, 1.807) is 10.9 Å². The number of aromatic nitrogens is 3. The molecule has 0 atom stereocenters. The second-order valence-corrected chi connectivity index (χ2v) is 6.50. The summed E-state index contributed by atoms with van der Waals surface area (Å²) in [6.45, 7) is 4.22. The molecule has 2 aromatic carbocycles. The fourth-order valence-corrected chi connectivity index (χ4v) is 2.89. The lowest BCUT2D eigenvalue weighted by molar-refractivity contribution is 0.102. The van der Waals surface area contributed by atoms with Gasteiger partial charge in [0.25, 0.3) is 5.91 Å². The van der Waals surface area contributed by atoms with Gasteiger partial charge in [-0.15, -0.1) is 5.10 Å². The summed E-state index contributed by atoms with van der Waals surface area (Å²) in [5, 5.41) is 14.2. The third-order valence-corrected chi connectivity index (χ3v) is 4.45. The van der Waals surface area contributed by atoms with Crippen LogP contribution in [0.4, 0.5) is 5.69 Å². The van der Waals surface area contributed by atoms with Gasteiger partial charge >= 0.3 is 0 Å². The number of hydrogen-bond donors (Lipinski definition) is 2. The minimum absolute atomic E-state index is 0.270. The van der Waals surface area contributed by atoms with Crippen LogP contribution in [0, 0.1) is 6.92 Å². The number of amides is 1. The average Bonchev–Trinajstić information content (AvgIpc) is 3.36. The van der Waals surface area contributed by atoms with Crippen LogP contribution in [-0.4, -0.2) is 34.2 Å². The Bertz CT molecular complexity index is 985. The Hall–Kier alpha value is -3.39. The number of fused-ring (bicyclic) bond motifs is 1. The van der Waals surface area contributed by atoms with Crippen molar-refractivity contribution >= 4 is 11.6 Å². The van der Waals surface area contributed by atoms with Crippen molar-refractivity contribution in [3.05, 3.63) is 65.5 Å². The summed E-state index contributed by atoms with van der Waals surface area (Å²) in [6.07, 6.45) is 1.65. The molecule has 0 saturated heterocycles. The van der Waals surface area contributed by atoms with Crippen LogP contribution in [0.25, 0.3) is 0 Å². The van der Waals surface area contributed by atoms with Crippen molar-refractivity contribution in [2.75, 3.05) is 18.7 Å². The van der Waals surface area contributed by atoms with Crippen molar-refractivity contribution in [1.29, 1.82) is 0 Å². The Morgan fingerprint density at radius 3 is 2.93 bits per heavy atom. The molecule has 3 aromatic rings. The van der Waals surface area contributed by atoms with Gasteiger partial charge in [-0.25, -0.2) is 0 Å². The number of carbonyl (C=O) groups is 1. The highest BCUT2D eigenvalue weighted by molar-refractivity contribution is 6.02. The molecular formula is C20H21N5O3. The van der Waals surface area contributed by atoms with Gasteiger partial charge in [-0.05, 0) is 36.2 Å². The van der Waals surface area contributed by atoms with E-state index < -0.39 is 0 Å². The van der Waals surface area contributed by atoms with Gasteiger partial charge in [0.15, 0.2) is 17.2 Å². The highest BCUT2D eigenvalue weighted by atomic mass is 16.7. The first-order valence-corrected chi connectivity index (χ1v) is 9.05. The Kier molecular flexibility index (Phi) is 5.20. The molecule has 1 amide bonds. The first kappa shape index (κ1) is 18.0. The zero-order valence-electron chi connectivity index (χ0n) is 15.5. The number of para-hydroxylation sites is 1. The molecule has 0 spiro atoms. The normalized spacial score (nSPS) is 12.2. The summed E-state index contributed by atoms with van der Waals surface area (Å²) < 4.78 is 12.3. The van der Waals surface area contributed by atoms with E-state index in [1.165, 1.54) is 0 Å². The number of aryl methyl sites for hydroxylation is 1. The molecule has 8 heteroatoms. The van der Waals surface area contributed by atoms with Gasteiger partial charge in [0.2, 0.25) is 6.79 Å². The fourth-order valence-electron chi connectivity index (χ4n) is 2.89. The van der Waals surface area contributed by atoms with Gasteiger partial charge in [0.1, 0.15) is 0 Å². The highest BCUT2D eigenvalue weighted by Crippen LogP contribution is 2.32. The lowest BCUT2D eigenvalue weighted by Gasteiger charge is -2.06. The minimum Gasteiger partial charge on any atom is -0.454 e. The number of benzene rings is 2. The van der Waals surface area contributed by atoms with Crippen molar-refractivity contribution in [3.8, 4) is 11.5 Å². The van der Waals surface area contributed by atoms with E-state index in [0.29, 0.717) is 25.3 Å². The van der Waals surface area contributed by atoms with Crippen molar-refractivity contribution in [2.45, 2.75) is 20.0 Å². The van der Waals surface area contributed by atoms with E-state index in [0.717, 1.165) is 28.3 Å². The molecule has 1 aromatic heterocycles. The van der Waals surface area contributed by atoms with E-state index in [9.17, 15) is 4.79 Å². The molecular weight excluding hydrogens is 358 g/mol. The van der Waals surface area contributed by atoms with Crippen molar-refractivity contribution in [3.63, 3.8) is 0 Å². The quantitative estimate of drug-likeness (QED) is 0.613. The molecule has 28 heavy (non-hydrogen) atoms. The molecule has 0 unspecified atom stereocenters. The molecule has 2 N–H and O–H groups in total. The number of rotatable bonds is 7. The largest absolute Gasteiger partial charge is 0.454 e. The third kappa shape index (κ3) is 4.12. The van der Waals surface area contributed by atoms with Crippen LogP contribution in [0.1, 0.15) is 21.6 Å². The summed E-state index contributed by atoms with van der Waals surface area (Å²) in [6, 6.07) is 13.5. The van der Waals surface area contributed by atoms with Crippen molar-refractivity contribution < 1.29 is 14.3 Å². The monoisotopic (exact) mass is 379 g/mol. The topological polar surface area (TPSA) is 90.3 Å². The number of carbonyl (C=O) groups excluding carboxylic acids is 1. The molecule has 1 aliphatic rings. The Labute approximate surface area is 162 Å². The molecule has 4 rings (SSSR count). The molecule has 0 radical (unpaired) electrons. The maximum absolute atomic E-state index is 12.3. The maximum atomic E-state index is 12.3. The van der Waals surface area contributed by atoms with Crippen molar-refractivity contribution in [2.24, 2.45) is 0 Å². The van der Waals surface area contributed by atoms with Crippen LogP contribution in [0.2, 0.25) is 0 Å². The summed E-state index contributed by atoms with van der Waals surface area (Å²) in [7, 11) is 0. The SMILES string of the molecule is Cc1ccccc1NC(=O)c1cn(CCNCc2ccc3c(c2)OCO3)nn1. The van der Waals surface area contributed by atoms with Crippen LogP contribution in [-0.2, 0) is 13.1 Å². The molecule has 8 nitrogen and oxygen atoms in total. The van der Waals surface area contributed by atoms with Crippen LogP contribution < -0.4 is 20.1 Å². The summed E-state index contributed by atoms with van der Waals surface area (Å²) in [5.41, 5.74) is 3.17.